The lowest BCUT2D eigenvalue weighted by molar-refractivity contribution is 0.461. The minimum absolute atomic E-state index is 0.391. The van der Waals surface area contributed by atoms with Gasteiger partial charge in [-0.3, -0.25) is 0 Å². The van der Waals surface area contributed by atoms with Crippen LogP contribution in [0.3, 0.4) is 0 Å². The van der Waals surface area contributed by atoms with E-state index >= 15 is 0 Å². The lowest BCUT2D eigenvalue weighted by Gasteiger charge is -2.09. The number of rotatable bonds is 4. The summed E-state index contributed by atoms with van der Waals surface area (Å²) in [5, 5.41) is 1.77. The van der Waals surface area contributed by atoms with Gasteiger partial charge in [-0.05, 0) is 60.2 Å². The molecule has 138 valence electrons. The van der Waals surface area contributed by atoms with Crippen molar-refractivity contribution >= 4 is 58.0 Å². The van der Waals surface area contributed by atoms with Crippen LogP contribution in [0.4, 0.5) is 0 Å². The summed E-state index contributed by atoms with van der Waals surface area (Å²) in [6.45, 7) is 0. The van der Waals surface area contributed by atoms with E-state index in [0.29, 0.717) is 32.4 Å². The fourth-order valence-corrected chi connectivity index (χ4v) is 3.20. The second-order valence-electron chi connectivity index (χ2n) is 5.96. The summed E-state index contributed by atoms with van der Waals surface area (Å²) < 4.78 is 5.97. The zero-order valence-electron chi connectivity index (χ0n) is 14.4. The standard InChI is InChI=1S/C22H13Cl3N2O/c23-15-8-10-17(11-9-15)28-22-21(26-19-3-1-2-4-20(19)27-22)12-6-14-5-7-16(24)13-18(14)25/h1-13H. The van der Waals surface area contributed by atoms with Gasteiger partial charge >= 0.3 is 0 Å². The minimum atomic E-state index is 0.391. The molecule has 0 fully saturated rings. The normalized spacial score (nSPS) is 11.2. The Morgan fingerprint density at radius 2 is 1.39 bits per heavy atom. The molecule has 0 spiro atoms. The lowest BCUT2D eigenvalue weighted by atomic mass is 10.2. The van der Waals surface area contributed by atoms with Crippen molar-refractivity contribution in [3.63, 3.8) is 0 Å². The van der Waals surface area contributed by atoms with E-state index in [0.717, 1.165) is 16.6 Å². The van der Waals surface area contributed by atoms with Crippen LogP contribution < -0.4 is 4.74 Å². The van der Waals surface area contributed by atoms with Crippen LogP contribution in [-0.4, -0.2) is 9.97 Å². The molecule has 0 aliphatic heterocycles. The van der Waals surface area contributed by atoms with Crippen molar-refractivity contribution in [2.45, 2.75) is 0 Å². The Labute approximate surface area is 177 Å². The third-order valence-corrected chi connectivity index (χ3v) is 4.79. The van der Waals surface area contributed by atoms with Gasteiger partial charge in [-0.1, -0.05) is 59.1 Å². The van der Waals surface area contributed by atoms with Gasteiger partial charge in [0.2, 0.25) is 5.88 Å². The molecule has 28 heavy (non-hydrogen) atoms. The minimum Gasteiger partial charge on any atom is -0.437 e. The maximum Gasteiger partial charge on any atom is 0.246 e. The Balaban J connectivity index is 1.76. The molecule has 6 heteroatoms. The zero-order valence-corrected chi connectivity index (χ0v) is 16.7. The quantitative estimate of drug-likeness (QED) is 0.337. The van der Waals surface area contributed by atoms with Gasteiger partial charge in [0.25, 0.3) is 0 Å². The summed E-state index contributed by atoms with van der Waals surface area (Å²) in [7, 11) is 0. The Kier molecular flexibility index (Phi) is 5.49. The lowest BCUT2D eigenvalue weighted by Crippen LogP contribution is -1.96. The summed E-state index contributed by atoms with van der Waals surface area (Å²) in [6.07, 6.45) is 3.67. The van der Waals surface area contributed by atoms with E-state index < -0.39 is 0 Å². The van der Waals surface area contributed by atoms with Crippen LogP contribution in [0.25, 0.3) is 23.2 Å². The molecule has 0 aliphatic rings. The van der Waals surface area contributed by atoms with Crippen LogP contribution in [0.1, 0.15) is 11.3 Å². The maximum absolute atomic E-state index is 6.26. The van der Waals surface area contributed by atoms with Crippen molar-refractivity contribution in [2.24, 2.45) is 0 Å². The molecule has 1 heterocycles. The molecule has 0 N–H and O–H groups in total. The molecule has 4 aromatic rings. The van der Waals surface area contributed by atoms with Crippen molar-refractivity contribution < 1.29 is 4.74 Å². The molecule has 1 aromatic heterocycles. The summed E-state index contributed by atoms with van der Waals surface area (Å²) in [5.41, 5.74) is 2.92. The van der Waals surface area contributed by atoms with E-state index in [1.54, 1.807) is 36.4 Å². The number of hydrogen-bond donors (Lipinski definition) is 0. The summed E-state index contributed by atoms with van der Waals surface area (Å²) >= 11 is 18.2. The number of ether oxygens (including phenoxy) is 1. The molecule has 0 saturated heterocycles. The molecule has 0 unspecified atom stereocenters. The number of fused-ring (bicyclic) bond motifs is 1. The molecule has 0 amide bonds. The van der Waals surface area contributed by atoms with Crippen LogP contribution in [0, 0.1) is 0 Å². The van der Waals surface area contributed by atoms with E-state index in [1.165, 1.54) is 0 Å². The highest BCUT2D eigenvalue weighted by atomic mass is 35.5. The highest BCUT2D eigenvalue weighted by Crippen LogP contribution is 2.28. The molecule has 3 aromatic carbocycles. The molecule has 0 saturated carbocycles. The van der Waals surface area contributed by atoms with Crippen LogP contribution in [-0.2, 0) is 0 Å². The molecule has 0 atom stereocenters. The van der Waals surface area contributed by atoms with Crippen LogP contribution >= 0.6 is 34.8 Å². The average Bonchev–Trinajstić information content (AvgIpc) is 2.69. The highest BCUT2D eigenvalue weighted by Gasteiger charge is 2.10. The zero-order chi connectivity index (χ0) is 19.5. The number of aromatic nitrogens is 2. The number of halogens is 3. The third-order valence-electron chi connectivity index (χ3n) is 3.98. The van der Waals surface area contributed by atoms with Gasteiger partial charge in [-0.25, -0.2) is 9.97 Å². The maximum atomic E-state index is 6.26. The van der Waals surface area contributed by atoms with Gasteiger partial charge in [-0.15, -0.1) is 0 Å². The molecule has 0 aliphatic carbocycles. The van der Waals surface area contributed by atoms with Gasteiger partial charge in [0.1, 0.15) is 11.4 Å². The Morgan fingerprint density at radius 1 is 0.714 bits per heavy atom. The second kappa shape index (κ2) is 8.19. The summed E-state index contributed by atoms with van der Waals surface area (Å²) in [6, 6.07) is 20.0. The third kappa shape index (κ3) is 4.28. The molecule has 0 radical (unpaired) electrons. The fourth-order valence-electron chi connectivity index (χ4n) is 2.60. The smallest absolute Gasteiger partial charge is 0.246 e. The Bertz CT molecular complexity index is 1170. The van der Waals surface area contributed by atoms with Crippen molar-refractivity contribution in [3.8, 4) is 11.6 Å². The van der Waals surface area contributed by atoms with Gasteiger partial charge in [0, 0.05) is 15.1 Å². The van der Waals surface area contributed by atoms with Gasteiger partial charge in [0.15, 0.2) is 0 Å². The molecule has 4 rings (SSSR count). The fraction of sp³-hybridized carbons (Fsp3) is 0. The largest absolute Gasteiger partial charge is 0.437 e. The summed E-state index contributed by atoms with van der Waals surface area (Å²) in [5.74, 6) is 1.01. The molecular formula is C22H13Cl3N2O. The van der Waals surface area contributed by atoms with Gasteiger partial charge in [-0.2, -0.15) is 0 Å². The molecule has 0 bridgehead atoms. The van der Waals surface area contributed by atoms with Gasteiger partial charge < -0.3 is 4.74 Å². The average molecular weight is 428 g/mol. The molecular weight excluding hydrogens is 415 g/mol. The van der Waals surface area contributed by atoms with Gasteiger partial charge in [0.05, 0.1) is 11.0 Å². The predicted octanol–water partition coefficient (Wildman–Crippen LogP) is 7.55. The molecule has 3 nitrogen and oxygen atoms in total. The first-order valence-electron chi connectivity index (χ1n) is 8.42. The van der Waals surface area contributed by atoms with Crippen LogP contribution in [0.5, 0.6) is 11.6 Å². The van der Waals surface area contributed by atoms with Crippen molar-refractivity contribution in [1.82, 2.24) is 9.97 Å². The summed E-state index contributed by atoms with van der Waals surface area (Å²) in [4.78, 5) is 9.30. The monoisotopic (exact) mass is 426 g/mol. The number of nitrogens with zero attached hydrogens (tertiary/aromatic N) is 2. The van der Waals surface area contributed by atoms with E-state index in [2.05, 4.69) is 9.97 Å². The van der Waals surface area contributed by atoms with E-state index in [-0.39, 0.29) is 0 Å². The highest BCUT2D eigenvalue weighted by molar-refractivity contribution is 6.35. The van der Waals surface area contributed by atoms with Crippen molar-refractivity contribution in [3.05, 3.63) is 93.1 Å². The van der Waals surface area contributed by atoms with Crippen LogP contribution in [0.15, 0.2) is 66.7 Å². The number of hydrogen-bond acceptors (Lipinski definition) is 3. The van der Waals surface area contributed by atoms with E-state index in [4.69, 9.17) is 39.5 Å². The van der Waals surface area contributed by atoms with E-state index in [1.807, 2.05) is 42.5 Å². The first-order valence-corrected chi connectivity index (χ1v) is 9.55. The number of para-hydroxylation sites is 2. The van der Waals surface area contributed by atoms with Crippen LogP contribution in [0.2, 0.25) is 15.1 Å². The Hall–Kier alpha value is -2.59. The SMILES string of the molecule is Clc1ccc(Oc2nc3ccccc3nc2C=Cc2ccc(Cl)cc2Cl)cc1. The van der Waals surface area contributed by atoms with Crippen molar-refractivity contribution in [1.29, 1.82) is 0 Å². The first kappa shape index (κ1) is 18.8. The second-order valence-corrected chi connectivity index (χ2v) is 7.24. The van der Waals surface area contributed by atoms with E-state index in [9.17, 15) is 0 Å². The topological polar surface area (TPSA) is 35.0 Å². The Morgan fingerprint density at radius 3 is 2.11 bits per heavy atom. The van der Waals surface area contributed by atoms with Crippen molar-refractivity contribution in [2.75, 3.05) is 0 Å². The predicted molar refractivity (Wildman–Crippen MR) is 116 cm³/mol. The first-order chi connectivity index (χ1) is 13.6. The number of benzene rings is 3.